The van der Waals surface area contributed by atoms with E-state index in [1.54, 1.807) is 0 Å². The molecule has 1 aromatic rings. The minimum absolute atomic E-state index is 0.160. The molecule has 1 aliphatic carbocycles. The maximum atomic E-state index is 10.4. The Bertz CT molecular complexity index is 379. The third kappa shape index (κ3) is 4.07. The lowest BCUT2D eigenvalue weighted by Crippen LogP contribution is -2.27. The SMILES string of the molecule is CC1CCCC(C(O)Cc2ccc(C(C)C)cc2)C1. The fraction of sp³-hybridized carbons (Fsp3) is 0.667. The highest BCUT2D eigenvalue weighted by Crippen LogP contribution is 2.32. The van der Waals surface area contributed by atoms with Gasteiger partial charge in [-0.1, -0.05) is 57.9 Å². The van der Waals surface area contributed by atoms with E-state index < -0.39 is 0 Å². The van der Waals surface area contributed by atoms with Crippen LogP contribution in [0.2, 0.25) is 0 Å². The number of aliphatic hydroxyl groups excluding tert-OH is 1. The van der Waals surface area contributed by atoms with E-state index in [4.69, 9.17) is 0 Å². The third-order valence-electron chi connectivity index (χ3n) is 4.61. The van der Waals surface area contributed by atoms with Gasteiger partial charge in [-0.15, -0.1) is 0 Å². The van der Waals surface area contributed by atoms with Crippen LogP contribution in [0.5, 0.6) is 0 Å². The van der Waals surface area contributed by atoms with Crippen LogP contribution in [0.15, 0.2) is 24.3 Å². The first-order valence-electron chi connectivity index (χ1n) is 7.83. The normalized spacial score (nSPS) is 25.5. The van der Waals surface area contributed by atoms with Crippen LogP contribution < -0.4 is 0 Å². The molecule has 1 aliphatic rings. The van der Waals surface area contributed by atoms with Crippen LogP contribution in [0, 0.1) is 11.8 Å². The van der Waals surface area contributed by atoms with Crippen molar-refractivity contribution in [1.29, 1.82) is 0 Å². The zero-order valence-corrected chi connectivity index (χ0v) is 12.6. The Morgan fingerprint density at radius 1 is 1.16 bits per heavy atom. The quantitative estimate of drug-likeness (QED) is 0.842. The Morgan fingerprint density at radius 3 is 2.42 bits per heavy atom. The fourth-order valence-corrected chi connectivity index (χ4v) is 3.28. The molecular weight excluding hydrogens is 232 g/mol. The van der Waals surface area contributed by atoms with Gasteiger partial charge in [0.1, 0.15) is 0 Å². The number of aliphatic hydroxyl groups is 1. The van der Waals surface area contributed by atoms with Gasteiger partial charge in [0.2, 0.25) is 0 Å². The zero-order valence-electron chi connectivity index (χ0n) is 12.6. The summed E-state index contributed by atoms with van der Waals surface area (Å²) in [7, 11) is 0. The summed E-state index contributed by atoms with van der Waals surface area (Å²) in [4.78, 5) is 0. The second-order valence-corrected chi connectivity index (χ2v) is 6.70. The average molecular weight is 260 g/mol. The van der Waals surface area contributed by atoms with Gasteiger partial charge < -0.3 is 5.11 Å². The maximum absolute atomic E-state index is 10.4. The fourth-order valence-electron chi connectivity index (χ4n) is 3.28. The highest BCUT2D eigenvalue weighted by molar-refractivity contribution is 5.25. The molecule has 1 fully saturated rings. The van der Waals surface area contributed by atoms with Crippen molar-refractivity contribution in [1.82, 2.24) is 0 Å². The van der Waals surface area contributed by atoms with Crippen molar-refractivity contribution in [2.75, 3.05) is 0 Å². The molecule has 0 saturated heterocycles. The van der Waals surface area contributed by atoms with E-state index in [1.165, 1.54) is 36.8 Å². The van der Waals surface area contributed by atoms with Crippen LogP contribution in [0.1, 0.15) is 63.5 Å². The molecule has 0 amide bonds. The van der Waals surface area contributed by atoms with E-state index in [0.717, 1.165) is 12.3 Å². The van der Waals surface area contributed by atoms with E-state index in [1.807, 2.05) is 0 Å². The van der Waals surface area contributed by atoms with Gasteiger partial charge in [0.15, 0.2) is 0 Å². The van der Waals surface area contributed by atoms with E-state index in [9.17, 15) is 5.11 Å². The summed E-state index contributed by atoms with van der Waals surface area (Å²) in [6.07, 6.45) is 5.69. The van der Waals surface area contributed by atoms with Crippen molar-refractivity contribution in [3.8, 4) is 0 Å². The smallest absolute Gasteiger partial charge is 0.0608 e. The summed E-state index contributed by atoms with van der Waals surface area (Å²) in [5.41, 5.74) is 2.65. The Morgan fingerprint density at radius 2 is 1.84 bits per heavy atom. The Hall–Kier alpha value is -0.820. The van der Waals surface area contributed by atoms with E-state index in [2.05, 4.69) is 45.0 Å². The van der Waals surface area contributed by atoms with Gasteiger partial charge in [0.25, 0.3) is 0 Å². The molecule has 3 unspecified atom stereocenters. The first kappa shape index (κ1) is 14.6. The molecule has 1 N–H and O–H groups in total. The lowest BCUT2D eigenvalue weighted by Gasteiger charge is -2.30. The predicted octanol–water partition coefficient (Wildman–Crippen LogP) is 4.54. The predicted molar refractivity (Wildman–Crippen MR) is 81.4 cm³/mol. The lowest BCUT2D eigenvalue weighted by molar-refractivity contribution is 0.0720. The summed E-state index contributed by atoms with van der Waals surface area (Å²) in [5.74, 6) is 1.88. The molecule has 0 heterocycles. The van der Waals surface area contributed by atoms with Gasteiger partial charge in [-0.25, -0.2) is 0 Å². The minimum atomic E-state index is -0.160. The summed E-state index contributed by atoms with van der Waals surface area (Å²) >= 11 is 0. The summed E-state index contributed by atoms with van der Waals surface area (Å²) in [6.45, 7) is 6.75. The van der Waals surface area contributed by atoms with Crippen LogP contribution in [-0.4, -0.2) is 11.2 Å². The molecular formula is C18H28O. The summed E-state index contributed by atoms with van der Waals surface area (Å²) < 4.78 is 0. The van der Waals surface area contributed by atoms with Crippen LogP contribution in [0.3, 0.4) is 0 Å². The molecule has 0 radical (unpaired) electrons. The third-order valence-corrected chi connectivity index (χ3v) is 4.61. The molecule has 106 valence electrons. The van der Waals surface area contributed by atoms with Crippen molar-refractivity contribution in [2.45, 2.75) is 64.9 Å². The van der Waals surface area contributed by atoms with Crippen molar-refractivity contribution >= 4 is 0 Å². The zero-order chi connectivity index (χ0) is 13.8. The van der Waals surface area contributed by atoms with Gasteiger partial charge in [-0.2, -0.15) is 0 Å². The second-order valence-electron chi connectivity index (χ2n) is 6.70. The highest BCUT2D eigenvalue weighted by atomic mass is 16.3. The van der Waals surface area contributed by atoms with Crippen LogP contribution in [-0.2, 0) is 6.42 Å². The Kier molecular flexibility index (Phi) is 5.04. The van der Waals surface area contributed by atoms with E-state index in [0.29, 0.717) is 11.8 Å². The molecule has 3 atom stereocenters. The molecule has 0 aliphatic heterocycles. The van der Waals surface area contributed by atoms with Crippen LogP contribution in [0.25, 0.3) is 0 Å². The van der Waals surface area contributed by atoms with Crippen molar-refractivity contribution < 1.29 is 5.11 Å². The van der Waals surface area contributed by atoms with Crippen molar-refractivity contribution in [3.63, 3.8) is 0 Å². The number of benzene rings is 1. The van der Waals surface area contributed by atoms with Crippen LogP contribution in [0.4, 0.5) is 0 Å². The lowest BCUT2D eigenvalue weighted by atomic mass is 9.78. The molecule has 19 heavy (non-hydrogen) atoms. The molecule has 1 aromatic carbocycles. The van der Waals surface area contributed by atoms with Gasteiger partial charge in [-0.3, -0.25) is 0 Å². The number of rotatable bonds is 4. The molecule has 1 saturated carbocycles. The van der Waals surface area contributed by atoms with Crippen molar-refractivity contribution in [2.24, 2.45) is 11.8 Å². The van der Waals surface area contributed by atoms with Gasteiger partial charge in [0.05, 0.1) is 6.10 Å². The van der Waals surface area contributed by atoms with Crippen molar-refractivity contribution in [3.05, 3.63) is 35.4 Å². The van der Waals surface area contributed by atoms with Gasteiger partial charge >= 0.3 is 0 Å². The number of hydrogen-bond donors (Lipinski definition) is 1. The molecule has 0 aromatic heterocycles. The van der Waals surface area contributed by atoms with Gasteiger partial charge in [-0.05, 0) is 48.1 Å². The summed E-state index contributed by atoms with van der Waals surface area (Å²) in [6, 6.07) is 8.78. The Labute approximate surface area is 118 Å². The van der Waals surface area contributed by atoms with Crippen LogP contribution >= 0.6 is 0 Å². The van der Waals surface area contributed by atoms with E-state index in [-0.39, 0.29) is 6.10 Å². The second kappa shape index (κ2) is 6.56. The largest absolute Gasteiger partial charge is 0.392 e. The van der Waals surface area contributed by atoms with E-state index >= 15 is 0 Å². The Balaban J connectivity index is 1.92. The summed E-state index contributed by atoms with van der Waals surface area (Å²) in [5, 5.41) is 10.4. The molecule has 1 nitrogen and oxygen atoms in total. The molecule has 1 heteroatoms. The first-order valence-corrected chi connectivity index (χ1v) is 7.83. The monoisotopic (exact) mass is 260 g/mol. The average Bonchev–Trinajstić information content (AvgIpc) is 2.39. The first-order chi connectivity index (χ1) is 9.06. The topological polar surface area (TPSA) is 20.2 Å². The van der Waals surface area contributed by atoms with Gasteiger partial charge in [0, 0.05) is 0 Å². The molecule has 0 bridgehead atoms. The number of hydrogen-bond acceptors (Lipinski definition) is 1. The molecule has 0 spiro atoms. The highest BCUT2D eigenvalue weighted by Gasteiger charge is 2.25. The minimum Gasteiger partial charge on any atom is -0.392 e. The maximum Gasteiger partial charge on any atom is 0.0608 e. The standard InChI is InChI=1S/C18H28O/c1-13(2)16-9-7-15(8-10-16)12-18(19)17-6-4-5-14(3)11-17/h7-10,13-14,17-19H,4-6,11-12H2,1-3H3. The molecule has 2 rings (SSSR count).